The van der Waals surface area contributed by atoms with Crippen molar-refractivity contribution in [1.82, 2.24) is 25.3 Å². The zero-order valence-corrected chi connectivity index (χ0v) is 12.9. The van der Waals surface area contributed by atoms with E-state index in [1.165, 1.54) is 0 Å². The summed E-state index contributed by atoms with van der Waals surface area (Å²) < 4.78 is 6.80. The van der Waals surface area contributed by atoms with Gasteiger partial charge in [0, 0.05) is 17.3 Å². The van der Waals surface area contributed by atoms with E-state index in [4.69, 9.17) is 4.52 Å². The Hall–Kier alpha value is -2.70. The van der Waals surface area contributed by atoms with E-state index in [1.807, 2.05) is 27.7 Å². The number of nitrogens with zero attached hydrogens (tertiary/aromatic N) is 4. The number of nitrogens with one attached hydrogen (secondary N) is 1. The zero-order chi connectivity index (χ0) is 15.9. The molecule has 22 heavy (non-hydrogen) atoms. The van der Waals surface area contributed by atoms with Gasteiger partial charge in [0.15, 0.2) is 0 Å². The minimum Gasteiger partial charge on any atom is -0.361 e. The van der Waals surface area contributed by atoms with E-state index in [0.29, 0.717) is 11.3 Å². The lowest BCUT2D eigenvalue weighted by atomic mass is 9.92. The zero-order valence-electron chi connectivity index (χ0n) is 12.9. The van der Waals surface area contributed by atoms with Crippen molar-refractivity contribution in [1.29, 1.82) is 0 Å². The largest absolute Gasteiger partial charge is 0.361 e. The van der Waals surface area contributed by atoms with Crippen molar-refractivity contribution < 1.29 is 9.32 Å². The van der Waals surface area contributed by atoms with Gasteiger partial charge in [-0.1, -0.05) is 10.4 Å². The summed E-state index contributed by atoms with van der Waals surface area (Å²) in [5, 5.41) is 14.6. The van der Waals surface area contributed by atoms with Gasteiger partial charge < -0.3 is 9.84 Å². The van der Waals surface area contributed by atoms with E-state index in [2.05, 4.69) is 20.8 Å². The molecule has 0 aliphatic carbocycles. The molecule has 114 valence electrons. The fourth-order valence-corrected chi connectivity index (χ4v) is 2.76. The Labute approximate surface area is 127 Å². The third-order valence-electron chi connectivity index (χ3n) is 3.65. The Morgan fingerprint density at radius 3 is 2.82 bits per heavy atom. The van der Waals surface area contributed by atoms with Gasteiger partial charge in [-0.05, 0) is 39.8 Å². The summed E-state index contributed by atoms with van der Waals surface area (Å²) in [6.07, 6.45) is 3.32. The van der Waals surface area contributed by atoms with E-state index in [9.17, 15) is 4.79 Å². The minimum absolute atomic E-state index is 0.172. The van der Waals surface area contributed by atoms with Gasteiger partial charge in [-0.2, -0.15) is 0 Å². The first-order chi connectivity index (χ1) is 10.4. The number of amides is 1. The maximum Gasteiger partial charge on any atom is 0.252 e. The van der Waals surface area contributed by atoms with Gasteiger partial charge in [0.1, 0.15) is 5.76 Å². The highest BCUT2D eigenvalue weighted by Crippen LogP contribution is 2.27. The van der Waals surface area contributed by atoms with E-state index in [1.54, 1.807) is 29.0 Å². The van der Waals surface area contributed by atoms with Crippen LogP contribution in [0.15, 0.2) is 29.0 Å². The maximum atomic E-state index is 12.5. The molecule has 0 aliphatic heterocycles. The Balaban J connectivity index is 1.89. The normalized spacial score (nSPS) is 11.8. The lowest BCUT2D eigenvalue weighted by Gasteiger charge is -2.26. The molecule has 0 aromatic carbocycles. The third kappa shape index (κ3) is 2.34. The van der Waals surface area contributed by atoms with E-state index in [0.717, 1.165) is 16.8 Å². The van der Waals surface area contributed by atoms with Crippen LogP contribution in [-0.4, -0.2) is 25.9 Å². The maximum absolute atomic E-state index is 12.5. The molecule has 3 aromatic rings. The summed E-state index contributed by atoms with van der Waals surface area (Å²) in [7, 11) is 0. The first kappa shape index (κ1) is 14.2. The summed E-state index contributed by atoms with van der Waals surface area (Å²) >= 11 is 0. The van der Waals surface area contributed by atoms with Crippen LogP contribution in [-0.2, 0) is 5.54 Å². The second-order valence-corrected chi connectivity index (χ2v) is 5.80. The summed E-state index contributed by atoms with van der Waals surface area (Å²) in [4.78, 5) is 12.5. The highest BCUT2D eigenvalue weighted by Gasteiger charge is 2.30. The molecule has 7 heteroatoms. The highest BCUT2D eigenvalue weighted by atomic mass is 16.5. The fourth-order valence-electron chi connectivity index (χ4n) is 2.76. The average Bonchev–Trinajstić information content (AvgIpc) is 3.04. The lowest BCUT2D eigenvalue weighted by Crippen LogP contribution is -2.41. The molecule has 0 saturated carbocycles. The lowest BCUT2D eigenvalue weighted by molar-refractivity contribution is 0.0911. The molecule has 3 heterocycles. The van der Waals surface area contributed by atoms with Crippen LogP contribution in [0.3, 0.4) is 0 Å². The van der Waals surface area contributed by atoms with Crippen molar-refractivity contribution in [3.05, 3.63) is 47.1 Å². The SMILES string of the molecule is Cc1noc(C)c1C(C)(C)NC(=O)c1ccn2nncc2c1. The molecule has 3 aromatic heterocycles. The van der Waals surface area contributed by atoms with Gasteiger partial charge in [-0.3, -0.25) is 4.79 Å². The van der Waals surface area contributed by atoms with Crippen LogP contribution in [0.5, 0.6) is 0 Å². The molecule has 0 unspecified atom stereocenters. The van der Waals surface area contributed by atoms with Gasteiger partial charge >= 0.3 is 0 Å². The summed E-state index contributed by atoms with van der Waals surface area (Å²) in [5.41, 5.74) is 2.40. The molecule has 1 N–H and O–H groups in total. The van der Waals surface area contributed by atoms with Crippen LogP contribution in [0.1, 0.15) is 41.2 Å². The molecular formula is C15H17N5O2. The van der Waals surface area contributed by atoms with E-state index < -0.39 is 5.54 Å². The highest BCUT2D eigenvalue weighted by molar-refractivity contribution is 5.95. The van der Waals surface area contributed by atoms with Gasteiger partial charge in [0.2, 0.25) is 0 Å². The van der Waals surface area contributed by atoms with Gasteiger partial charge in [-0.25, -0.2) is 4.52 Å². The van der Waals surface area contributed by atoms with E-state index in [-0.39, 0.29) is 5.91 Å². The Morgan fingerprint density at radius 1 is 1.36 bits per heavy atom. The van der Waals surface area contributed by atoms with E-state index >= 15 is 0 Å². The first-order valence-corrected chi connectivity index (χ1v) is 6.94. The molecular weight excluding hydrogens is 282 g/mol. The Morgan fingerprint density at radius 2 is 2.14 bits per heavy atom. The predicted molar refractivity (Wildman–Crippen MR) is 79.5 cm³/mol. The molecule has 3 rings (SSSR count). The average molecular weight is 299 g/mol. The van der Waals surface area contributed by atoms with Crippen molar-refractivity contribution in [2.45, 2.75) is 33.2 Å². The second kappa shape index (κ2) is 4.94. The molecule has 0 spiro atoms. The second-order valence-electron chi connectivity index (χ2n) is 5.80. The van der Waals surface area contributed by atoms with Gasteiger partial charge in [0.05, 0.1) is 22.9 Å². The van der Waals surface area contributed by atoms with Crippen molar-refractivity contribution in [2.24, 2.45) is 0 Å². The minimum atomic E-state index is -0.587. The third-order valence-corrected chi connectivity index (χ3v) is 3.65. The smallest absolute Gasteiger partial charge is 0.252 e. The van der Waals surface area contributed by atoms with Crippen LogP contribution >= 0.6 is 0 Å². The molecule has 7 nitrogen and oxygen atoms in total. The molecule has 0 radical (unpaired) electrons. The van der Waals surface area contributed by atoms with Gasteiger partial charge in [0.25, 0.3) is 5.91 Å². The first-order valence-electron chi connectivity index (χ1n) is 6.94. The Kier molecular flexibility index (Phi) is 3.20. The van der Waals surface area contributed by atoms with Crippen LogP contribution in [0.2, 0.25) is 0 Å². The molecule has 0 bridgehead atoms. The molecule has 1 amide bonds. The van der Waals surface area contributed by atoms with Crippen LogP contribution in [0.25, 0.3) is 5.52 Å². The molecule has 0 fully saturated rings. The number of aryl methyl sites for hydroxylation is 2. The van der Waals surface area contributed by atoms with Crippen LogP contribution in [0.4, 0.5) is 0 Å². The van der Waals surface area contributed by atoms with Crippen molar-refractivity contribution in [3.63, 3.8) is 0 Å². The van der Waals surface area contributed by atoms with Crippen LogP contribution < -0.4 is 5.32 Å². The summed E-state index contributed by atoms with van der Waals surface area (Å²) in [6.45, 7) is 7.56. The number of pyridine rings is 1. The molecule has 0 saturated heterocycles. The van der Waals surface area contributed by atoms with Crippen LogP contribution in [0, 0.1) is 13.8 Å². The molecule has 0 atom stereocenters. The number of rotatable bonds is 3. The van der Waals surface area contributed by atoms with Gasteiger partial charge in [-0.15, -0.1) is 5.10 Å². The molecule has 0 aliphatic rings. The summed E-state index contributed by atoms with van der Waals surface area (Å²) in [6, 6.07) is 3.46. The van der Waals surface area contributed by atoms with Crippen molar-refractivity contribution in [2.75, 3.05) is 0 Å². The quantitative estimate of drug-likeness (QED) is 0.799. The number of carbonyl (C=O) groups is 1. The predicted octanol–water partition coefficient (Wildman–Crippen LogP) is 2.00. The van der Waals surface area contributed by atoms with Crippen molar-refractivity contribution >= 4 is 11.4 Å². The van der Waals surface area contributed by atoms with Crippen molar-refractivity contribution in [3.8, 4) is 0 Å². The Bertz CT molecular complexity index is 827. The number of hydrogen-bond donors (Lipinski definition) is 1. The standard InChI is InChI=1S/C15H17N5O2/c1-9-13(10(2)22-18-9)15(3,4)17-14(21)11-5-6-20-12(7-11)8-16-19-20/h5-8H,1-4H3,(H,17,21). The topological polar surface area (TPSA) is 85.3 Å². The monoisotopic (exact) mass is 299 g/mol. The number of fused-ring (bicyclic) bond motifs is 1. The number of hydrogen-bond acceptors (Lipinski definition) is 5. The summed E-state index contributed by atoms with van der Waals surface area (Å²) in [5.74, 6) is 0.534. The number of aromatic nitrogens is 4. The number of carbonyl (C=O) groups excluding carboxylic acids is 1. The fraction of sp³-hybridized carbons (Fsp3) is 0.333.